The number of carbonyl (C=O) groups excluding carboxylic acids is 1. The van der Waals surface area contributed by atoms with E-state index in [4.69, 9.17) is 16.3 Å². The number of aromatic nitrogens is 1. The van der Waals surface area contributed by atoms with Crippen LogP contribution in [0.5, 0.6) is 11.5 Å². The summed E-state index contributed by atoms with van der Waals surface area (Å²) in [6.45, 7) is 1.99. The first-order valence-electron chi connectivity index (χ1n) is 7.94. The van der Waals surface area contributed by atoms with Gasteiger partial charge >= 0.3 is 0 Å². The lowest BCUT2D eigenvalue weighted by Gasteiger charge is -2.13. The minimum atomic E-state index is -0.418. The van der Waals surface area contributed by atoms with Crippen molar-refractivity contribution in [3.05, 3.63) is 87.3 Å². The molecule has 0 spiro atoms. The molecule has 0 aliphatic rings. The van der Waals surface area contributed by atoms with Gasteiger partial charge < -0.3 is 14.6 Å². The maximum Gasteiger partial charge on any atom is 0.256 e. The van der Waals surface area contributed by atoms with E-state index in [0.717, 1.165) is 5.56 Å². The molecule has 26 heavy (non-hydrogen) atoms. The highest BCUT2D eigenvalue weighted by molar-refractivity contribution is 6.31. The number of amides is 1. The number of halogens is 1. The van der Waals surface area contributed by atoms with Crippen molar-refractivity contribution in [2.24, 2.45) is 7.05 Å². The number of nitrogens with one attached hydrogen (secondary N) is 1. The van der Waals surface area contributed by atoms with E-state index in [9.17, 15) is 9.59 Å². The van der Waals surface area contributed by atoms with Gasteiger partial charge in [0.15, 0.2) is 5.75 Å². The number of ether oxygens (including phenoxy) is 1. The van der Waals surface area contributed by atoms with Crippen LogP contribution in [0, 0.1) is 6.92 Å². The van der Waals surface area contributed by atoms with Gasteiger partial charge in [-0.2, -0.15) is 0 Å². The third-order valence-corrected chi connectivity index (χ3v) is 4.04. The summed E-state index contributed by atoms with van der Waals surface area (Å²) in [5.74, 6) is 0.677. The lowest BCUT2D eigenvalue weighted by Crippen LogP contribution is -2.20. The van der Waals surface area contributed by atoms with Gasteiger partial charge in [-0.05, 0) is 43.3 Å². The molecule has 1 amide bonds. The maximum atomic E-state index is 12.5. The third kappa shape index (κ3) is 4.13. The molecule has 0 unspecified atom stereocenters. The van der Waals surface area contributed by atoms with Crippen LogP contribution >= 0.6 is 11.6 Å². The Morgan fingerprint density at radius 3 is 2.50 bits per heavy atom. The van der Waals surface area contributed by atoms with Crippen molar-refractivity contribution in [1.82, 2.24) is 4.57 Å². The third-order valence-electron chi connectivity index (χ3n) is 3.81. The fourth-order valence-corrected chi connectivity index (χ4v) is 2.48. The minimum absolute atomic E-state index is 0.259. The van der Waals surface area contributed by atoms with E-state index in [-0.39, 0.29) is 11.1 Å². The molecule has 132 valence electrons. The predicted octanol–water partition coefficient (Wildman–Crippen LogP) is 4.39. The number of nitrogens with zero attached hydrogens (tertiary/aromatic N) is 1. The average molecular weight is 369 g/mol. The molecule has 0 bridgehead atoms. The second kappa shape index (κ2) is 7.45. The molecule has 0 aliphatic carbocycles. The van der Waals surface area contributed by atoms with Crippen LogP contribution in [0.3, 0.4) is 0 Å². The topological polar surface area (TPSA) is 60.3 Å². The molecule has 1 aromatic heterocycles. The molecule has 3 aromatic rings. The van der Waals surface area contributed by atoms with Gasteiger partial charge in [0.25, 0.3) is 11.5 Å². The highest BCUT2D eigenvalue weighted by Gasteiger charge is 2.12. The van der Waals surface area contributed by atoms with Gasteiger partial charge in [0.2, 0.25) is 0 Å². The van der Waals surface area contributed by atoms with Crippen LogP contribution in [0.2, 0.25) is 5.02 Å². The minimum Gasteiger partial charge on any atom is -0.455 e. The van der Waals surface area contributed by atoms with Gasteiger partial charge in [-0.3, -0.25) is 9.59 Å². The van der Waals surface area contributed by atoms with Gasteiger partial charge in [0.1, 0.15) is 5.75 Å². The van der Waals surface area contributed by atoms with Gasteiger partial charge in [0.05, 0.1) is 5.69 Å². The molecular weight excluding hydrogens is 352 g/mol. The quantitative estimate of drug-likeness (QED) is 0.742. The molecule has 0 saturated heterocycles. The summed E-state index contributed by atoms with van der Waals surface area (Å²) in [4.78, 5) is 24.2. The Balaban J connectivity index is 1.87. The summed E-state index contributed by atoms with van der Waals surface area (Å²) in [5, 5.41) is 3.21. The number of carbonyl (C=O) groups is 1. The zero-order valence-corrected chi connectivity index (χ0v) is 15.1. The number of pyridine rings is 1. The van der Waals surface area contributed by atoms with Crippen molar-refractivity contribution >= 4 is 23.2 Å². The van der Waals surface area contributed by atoms with Crippen molar-refractivity contribution in [2.75, 3.05) is 5.32 Å². The standard InChI is InChI=1S/C20H17ClN2O3/c1-13-3-6-16(7-4-13)26-18-8-5-15(21)12-17(18)22-20(25)14-9-10-23(2)19(24)11-14/h3-12H,1-2H3,(H,22,25). The van der Waals surface area contributed by atoms with Crippen LogP contribution in [0.15, 0.2) is 65.6 Å². The van der Waals surface area contributed by atoms with E-state index in [2.05, 4.69) is 5.32 Å². The number of anilines is 1. The Bertz CT molecular complexity index is 1010. The molecule has 3 rings (SSSR count). The van der Waals surface area contributed by atoms with E-state index in [0.29, 0.717) is 22.2 Å². The number of hydrogen-bond acceptors (Lipinski definition) is 3. The van der Waals surface area contributed by atoms with Crippen molar-refractivity contribution in [3.8, 4) is 11.5 Å². The van der Waals surface area contributed by atoms with Crippen LogP contribution in [0.1, 0.15) is 15.9 Å². The predicted molar refractivity (Wildman–Crippen MR) is 102 cm³/mol. The van der Waals surface area contributed by atoms with Gasteiger partial charge in [-0.1, -0.05) is 29.3 Å². The van der Waals surface area contributed by atoms with Gasteiger partial charge in [-0.15, -0.1) is 0 Å². The molecule has 0 atom stereocenters. The SMILES string of the molecule is Cc1ccc(Oc2ccc(Cl)cc2NC(=O)c2ccn(C)c(=O)c2)cc1. The molecule has 2 aromatic carbocycles. The molecule has 0 saturated carbocycles. The van der Waals surface area contributed by atoms with Crippen molar-refractivity contribution in [1.29, 1.82) is 0 Å². The molecule has 6 heteroatoms. The number of benzene rings is 2. The molecule has 0 aliphatic heterocycles. The molecule has 1 heterocycles. The molecule has 0 fully saturated rings. The van der Waals surface area contributed by atoms with Crippen LogP contribution in [0.25, 0.3) is 0 Å². The normalized spacial score (nSPS) is 10.4. The molecule has 0 radical (unpaired) electrons. The fraction of sp³-hybridized carbons (Fsp3) is 0.100. The van der Waals surface area contributed by atoms with Crippen molar-refractivity contribution < 1.29 is 9.53 Å². The van der Waals surface area contributed by atoms with Crippen molar-refractivity contribution in [2.45, 2.75) is 6.92 Å². The van der Waals surface area contributed by atoms with E-state index in [1.165, 1.54) is 10.6 Å². The number of hydrogen-bond donors (Lipinski definition) is 1. The number of aryl methyl sites for hydroxylation is 2. The highest BCUT2D eigenvalue weighted by atomic mass is 35.5. The zero-order chi connectivity index (χ0) is 18.7. The Hall–Kier alpha value is -3.05. The molecule has 1 N–H and O–H groups in total. The number of rotatable bonds is 4. The lowest BCUT2D eigenvalue weighted by atomic mass is 10.2. The first-order valence-corrected chi connectivity index (χ1v) is 8.32. The van der Waals surface area contributed by atoms with Crippen LogP contribution < -0.4 is 15.6 Å². The Morgan fingerprint density at radius 2 is 1.81 bits per heavy atom. The van der Waals surface area contributed by atoms with E-state index in [1.807, 2.05) is 31.2 Å². The van der Waals surface area contributed by atoms with E-state index in [1.54, 1.807) is 37.5 Å². The molecular formula is C20H17ClN2O3. The first-order chi connectivity index (χ1) is 12.4. The zero-order valence-electron chi connectivity index (χ0n) is 14.3. The van der Waals surface area contributed by atoms with E-state index >= 15 is 0 Å². The van der Waals surface area contributed by atoms with Crippen LogP contribution in [-0.2, 0) is 7.05 Å². The highest BCUT2D eigenvalue weighted by Crippen LogP contribution is 2.32. The maximum absolute atomic E-state index is 12.5. The molecule has 5 nitrogen and oxygen atoms in total. The first kappa shape index (κ1) is 17.8. The summed E-state index contributed by atoms with van der Waals surface area (Å²) in [6.07, 6.45) is 1.54. The summed E-state index contributed by atoms with van der Waals surface area (Å²) < 4.78 is 7.25. The monoisotopic (exact) mass is 368 g/mol. The second-order valence-corrected chi connectivity index (χ2v) is 6.31. The van der Waals surface area contributed by atoms with Crippen LogP contribution in [0.4, 0.5) is 5.69 Å². The Labute approximate surface area is 155 Å². The largest absolute Gasteiger partial charge is 0.455 e. The Morgan fingerprint density at radius 1 is 1.08 bits per heavy atom. The van der Waals surface area contributed by atoms with Gasteiger partial charge in [-0.25, -0.2) is 0 Å². The van der Waals surface area contributed by atoms with Crippen molar-refractivity contribution in [3.63, 3.8) is 0 Å². The summed E-state index contributed by atoms with van der Waals surface area (Å²) in [5.41, 5.74) is 1.53. The summed E-state index contributed by atoms with van der Waals surface area (Å²) in [6, 6.07) is 15.4. The van der Waals surface area contributed by atoms with Gasteiger partial charge in [0, 0.05) is 29.9 Å². The lowest BCUT2D eigenvalue weighted by molar-refractivity contribution is 0.102. The Kier molecular flexibility index (Phi) is 5.09. The van der Waals surface area contributed by atoms with Crippen LogP contribution in [-0.4, -0.2) is 10.5 Å². The average Bonchev–Trinajstić information content (AvgIpc) is 2.61. The summed E-state index contributed by atoms with van der Waals surface area (Å²) >= 11 is 6.06. The fourth-order valence-electron chi connectivity index (χ4n) is 2.31. The van der Waals surface area contributed by atoms with E-state index < -0.39 is 5.91 Å². The summed E-state index contributed by atoms with van der Waals surface area (Å²) in [7, 11) is 1.62. The second-order valence-electron chi connectivity index (χ2n) is 5.87. The smallest absolute Gasteiger partial charge is 0.256 e.